The van der Waals surface area contributed by atoms with E-state index in [-0.39, 0.29) is 5.56 Å². The number of hydrogen-bond donors (Lipinski definition) is 3. The van der Waals surface area contributed by atoms with Crippen molar-refractivity contribution in [1.82, 2.24) is 9.27 Å². The van der Waals surface area contributed by atoms with Crippen molar-refractivity contribution in [3.05, 3.63) is 21.8 Å². The van der Waals surface area contributed by atoms with Gasteiger partial charge in [0.1, 0.15) is 0 Å². The molecule has 1 heterocycles. The number of guanidine groups is 2. The first-order chi connectivity index (χ1) is 10.5. The maximum Gasteiger partial charge on any atom is 0.260 e. The van der Waals surface area contributed by atoms with E-state index in [9.17, 15) is 4.79 Å². The van der Waals surface area contributed by atoms with Gasteiger partial charge in [-0.3, -0.25) is 24.1 Å². The average molecular weight is 328 g/mol. The third-order valence-corrected chi connectivity index (χ3v) is 3.53. The van der Waals surface area contributed by atoms with Crippen LogP contribution in [0, 0.1) is 0 Å². The largest absolute Gasteiger partial charge is 0.370 e. The van der Waals surface area contributed by atoms with Crippen molar-refractivity contribution < 1.29 is 0 Å². The molecule has 0 aromatic carbocycles. The van der Waals surface area contributed by atoms with Crippen LogP contribution in [0.1, 0.15) is 39.0 Å². The summed E-state index contributed by atoms with van der Waals surface area (Å²) in [5.74, 6) is 0.635. The molecule has 0 aliphatic carbocycles. The van der Waals surface area contributed by atoms with E-state index in [0.717, 1.165) is 13.0 Å². The number of aryl methyl sites for hydroxylation is 1. The van der Waals surface area contributed by atoms with Gasteiger partial charge in [0.15, 0.2) is 11.9 Å². The first-order valence-corrected chi connectivity index (χ1v) is 8.25. The lowest BCUT2D eigenvalue weighted by atomic mass is 10.2. The zero-order valence-corrected chi connectivity index (χ0v) is 14.5. The van der Waals surface area contributed by atoms with Gasteiger partial charge in [0.2, 0.25) is 0 Å². The Morgan fingerprint density at radius 3 is 2.41 bits per heavy atom. The van der Waals surface area contributed by atoms with Crippen LogP contribution in [0.5, 0.6) is 0 Å². The van der Waals surface area contributed by atoms with Crippen LogP contribution >= 0.6 is 11.5 Å². The molecule has 1 aromatic rings. The zero-order valence-electron chi connectivity index (χ0n) is 13.7. The second-order valence-corrected chi connectivity index (χ2v) is 5.69. The maximum atomic E-state index is 10.4. The highest BCUT2D eigenvalue weighted by atomic mass is 32.1. The topological polar surface area (TPSA) is 111 Å². The van der Waals surface area contributed by atoms with Crippen molar-refractivity contribution in [2.24, 2.45) is 28.5 Å². The van der Waals surface area contributed by atoms with Crippen molar-refractivity contribution in [2.45, 2.75) is 39.0 Å². The van der Waals surface area contributed by atoms with E-state index >= 15 is 0 Å². The van der Waals surface area contributed by atoms with E-state index in [1.807, 2.05) is 0 Å². The molecule has 0 bridgehead atoms. The van der Waals surface area contributed by atoms with Crippen LogP contribution in [0.3, 0.4) is 0 Å². The number of aromatic nitrogens is 1. The van der Waals surface area contributed by atoms with E-state index in [1.165, 1.54) is 37.2 Å². The molecule has 0 unspecified atom stereocenters. The van der Waals surface area contributed by atoms with Crippen molar-refractivity contribution in [2.75, 3.05) is 13.6 Å². The first kappa shape index (κ1) is 20.2. The van der Waals surface area contributed by atoms with Gasteiger partial charge in [0.05, 0.1) is 0 Å². The number of unbranched alkanes of at least 4 members (excludes halogenated alkanes) is 4. The molecule has 0 atom stereocenters. The quantitative estimate of drug-likeness (QED) is 0.414. The number of aliphatic imine (C=N–C) groups is 2. The van der Waals surface area contributed by atoms with Crippen LogP contribution in [0.25, 0.3) is 0 Å². The van der Waals surface area contributed by atoms with E-state index in [0.29, 0.717) is 11.9 Å². The minimum atomic E-state index is 0.0741. The molecule has 5 N–H and O–H groups in total. The van der Waals surface area contributed by atoms with Crippen LogP contribution in [-0.2, 0) is 7.05 Å². The van der Waals surface area contributed by atoms with Crippen molar-refractivity contribution in [1.29, 1.82) is 0 Å². The summed E-state index contributed by atoms with van der Waals surface area (Å²) in [7, 11) is 3.34. The van der Waals surface area contributed by atoms with Crippen LogP contribution in [0.4, 0.5) is 0 Å². The molecule has 0 aliphatic rings. The van der Waals surface area contributed by atoms with Gasteiger partial charge in [-0.25, -0.2) is 0 Å². The summed E-state index contributed by atoms with van der Waals surface area (Å²) in [6.07, 6.45) is 6.12. The summed E-state index contributed by atoms with van der Waals surface area (Å²) in [5.41, 5.74) is 11.1. The minimum Gasteiger partial charge on any atom is -0.370 e. The lowest BCUT2D eigenvalue weighted by Crippen LogP contribution is -2.41. The summed E-state index contributed by atoms with van der Waals surface area (Å²) in [6.45, 7) is 2.95. The fourth-order valence-electron chi connectivity index (χ4n) is 1.48. The third-order valence-electron chi connectivity index (χ3n) is 2.78. The average Bonchev–Trinajstić information content (AvgIpc) is 2.87. The van der Waals surface area contributed by atoms with Crippen molar-refractivity contribution in [3.63, 3.8) is 0 Å². The van der Waals surface area contributed by atoms with Crippen LogP contribution in [-0.4, -0.2) is 29.5 Å². The van der Waals surface area contributed by atoms with E-state index in [2.05, 4.69) is 22.2 Å². The van der Waals surface area contributed by atoms with Gasteiger partial charge in [-0.15, -0.1) is 0 Å². The molecule has 0 saturated carbocycles. The van der Waals surface area contributed by atoms with E-state index in [1.54, 1.807) is 29.5 Å². The summed E-state index contributed by atoms with van der Waals surface area (Å²) in [5, 5.41) is 4.45. The van der Waals surface area contributed by atoms with Gasteiger partial charge in [-0.05, 0) is 6.42 Å². The Bertz CT molecular complexity index is 505. The molecule has 7 nitrogen and oxygen atoms in total. The fourth-order valence-corrected chi connectivity index (χ4v) is 2.00. The Morgan fingerprint density at radius 1 is 1.27 bits per heavy atom. The highest BCUT2D eigenvalue weighted by molar-refractivity contribution is 7.04. The van der Waals surface area contributed by atoms with Crippen molar-refractivity contribution in [3.8, 4) is 0 Å². The monoisotopic (exact) mass is 328 g/mol. The molecule has 0 amide bonds. The second kappa shape index (κ2) is 12.9. The minimum absolute atomic E-state index is 0.0741. The summed E-state index contributed by atoms with van der Waals surface area (Å²) >= 11 is 1.41. The summed E-state index contributed by atoms with van der Waals surface area (Å²) < 4.78 is 1.57. The van der Waals surface area contributed by atoms with Crippen LogP contribution < -0.4 is 22.3 Å². The molecule has 0 fully saturated rings. The van der Waals surface area contributed by atoms with Gasteiger partial charge in [-0.2, -0.15) is 0 Å². The van der Waals surface area contributed by atoms with Crippen molar-refractivity contribution >= 4 is 23.5 Å². The maximum absolute atomic E-state index is 10.4. The smallest absolute Gasteiger partial charge is 0.260 e. The summed E-state index contributed by atoms with van der Waals surface area (Å²) in [6, 6.07) is 1.55. The third kappa shape index (κ3) is 10.9. The predicted octanol–water partition coefficient (Wildman–Crippen LogP) is 1.25. The molecule has 1 aromatic heterocycles. The van der Waals surface area contributed by atoms with Crippen LogP contribution in [0.15, 0.2) is 26.2 Å². The Morgan fingerprint density at radius 2 is 1.95 bits per heavy atom. The molecule has 0 aliphatic heterocycles. The normalized spacial score (nSPS) is 11.8. The number of hydrogen-bond acceptors (Lipinski definition) is 4. The van der Waals surface area contributed by atoms with E-state index in [4.69, 9.17) is 11.5 Å². The Hall–Kier alpha value is -1.83. The lowest BCUT2D eigenvalue weighted by molar-refractivity contribution is 0.638. The molecule has 0 spiro atoms. The first-order valence-electron chi connectivity index (χ1n) is 7.41. The molecule has 8 heteroatoms. The Balaban J connectivity index is 0.000000518. The van der Waals surface area contributed by atoms with Crippen LogP contribution in [0.2, 0.25) is 0 Å². The lowest BCUT2D eigenvalue weighted by Gasteiger charge is -2.03. The van der Waals surface area contributed by atoms with Gasteiger partial charge in [0.25, 0.3) is 5.56 Å². The van der Waals surface area contributed by atoms with Gasteiger partial charge in [0, 0.05) is 32.1 Å². The van der Waals surface area contributed by atoms with Gasteiger partial charge >= 0.3 is 0 Å². The molecule has 1 rings (SSSR count). The number of nitrogens with zero attached hydrogens (tertiary/aromatic N) is 3. The SMILES string of the molecule is CCCCCCCN=C(N)NC(N)=NC.Cn1sccc1=O. The number of rotatable bonds is 6. The molecular formula is C14H28N6OS. The highest BCUT2D eigenvalue weighted by Gasteiger charge is 1.93. The Labute approximate surface area is 136 Å². The summed E-state index contributed by atoms with van der Waals surface area (Å²) in [4.78, 5) is 18.2. The number of nitrogens with two attached hydrogens (primary N) is 2. The molecule has 0 saturated heterocycles. The fraction of sp³-hybridized carbons (Fsp3) is 0.643. The van der Waals surface area contributed by atoms with E-state index < -0.39 is 0 Å². The standard InChI is InChI=1S/C10H23N5.C4H5NOS/c1-3-4-5-6-7-8-14-10(12)15-9(11)13-2;1-5-4(6)2-3-7-5/h3-8H2,1-2H3,(H5,11,12,13,14,15);2-3H,1H3. The van der Waals surface area contributed by atoms with Gasteiger partial charge in [-0.1, -0.05) is 44.1 Å². The molecule has 22 heavy (non-hydrogen) atoms. The molecule has 0 radical (unpaired) electrons. The predicted molar refractivity (Wildman–Crippen MR) is 95.5 cm³/mol. The van der Waals surface area contributed by atoms with Gasteiger partial charge < -0.3 is 11.5 Å². The zero-order chi connectivity index (χ0) is 16.8. The number of nitrogens with one attached hydrogen (secondary N) is 1. The molecule has 126 valence electrons. The molecular weight excluding hydrogens is 300 g/mol. The Kier molecular flexibility index (Phi) is 11.8. The second-order valence-electron chi connectivity index (χ2n) is 4.66. The highest BCUT2D eigenvalue weighted by Crippen LogP contribution is 2.01.